The van der Waals surface area contributed by atoms with Crippen molar-refractivity contribution in [3.63, 3.8) is 0 Å². The van der Waals surface area contributed by atoms with Gasteiger partial charge in [-0.2, -0.15) is 0 Å². The summed E-state index contributed by atoms with van der Waals surface area (Å²) in [5.74, 6) is -0.192. The summed E-state index contributed by atoms with van der Waals surface area (Å²) in [7, 11) is 1.54. The minimum Gasteiger partial charge on any atom is -0.387 e. The average molecular weight is 989 g/mol. The van der Waals surface area contributed by atoms with Gasteiger partial charge in [-0.3, -0.25) is 13.8 Å². The molecule has 8 nitrogen and oxygen atoms in total. The molecule has 0 rings (SSSR count). The zero-order chi connectivity index (χ0) is 50.6. The Morgan fingerprint density at radius 3 is 1.32 bits per heavy atom. The number of carbonyl (C=O) groups is 1. The second-order valence-electron chi connectivity index (χ2n) is 20.6. The van der Waals surface area contributed by atoms with Crippen LogP contribution in [-0.4, -0.2) is 73.4 Å². The first-order chi connectivity index (χ1) is 33.5. The fourth-order valence-electron chi connectivity index (χ4n) is 8.15. The fraction of sp³-hybridized carbons (Fsp3) is 0.783. The standard InChI is InChI=1S/C60H111N2O6P/c1-6-8-10-12-14-16-18-19-20-21-22-23-24-25-26-27-28-29-30-31-32-33-34-35-36-37-38-39-40-41-42-43-44-46-48-50-52-54-60(64)61-58(57-68-69(65,66)67-56-55-62(3,4)5)59(63)53-51-49-47-45-17-15-13-11-9-7-2/h9,11,17-19,21-22,24-25,45,51,53,58-59,63H,6-8,10,12-16,20,23,26-44,46-50,52,54-57H2,1-5H3,(H-,61,64,65,66)/p+1/b11-9+,19-18-,22-21-,25-24-,45-17+,53-51+. The van der Waals surface area contributed by atoms with Gasteiger partial charge in [0.25, 0.3) is 0 Å². The maximum Gasteiger partial charge on any atom is 0.472 e. The largest absolute Gasteiger partial charge is 0.472 e. The number of amides is 1. The number of nitrogens with zero attached hydrogens (tertiary/aromatic N) is 1. The van der Waals surface area contributed by atoms with Gasteiger partial charge in [-0.25, -0.2) is 4.57 Å². The Labute approximate surface area is 427 Å². The summed E-state index contributed by atoms with van der Waals surface area (Å²) >= 11 is 0. The van der Waals surface area contributed by atoms with Crippen LogP contribution in [0.4, 0.5) is 0 Å². The first-order valence-electron chi connectivity index (χ1n) is 28.8. The number of allylic oxidation sites excluding steroid dienone is 11. The summed E-state index contributed by atoms with van der Waals surface area (Å²) in [6, 6.07) is -0.869. The summed E-state index contributed by atoms with van der Waals surface area (Å²) in [6.45, 7) is 4.65. The molecule has 0 aliphatic heterocycles. The van der Waals surface area contributed by atoms with Crippen molar-refractivity contribution < 1.29 is 32.9 Å². The molecule has 0 heterocycles. The van der Waals surface area contributed by atoms with Crippen molar-refractivity contribution in [1.82, 2.24) is 5.32 Å². The van der Waals surface area contributed by atoms with E-state index in [2.05, 4.69) is 79.9 Å². The number of phosphoric acid groups is 1. The molecular weight excluding hydrogens is 876 g/mol. The Morgan fingerprint density at radius 1 is 0.507 bits per heavy atom. The Morgan fingerprint density at radius 2 is 0.884 bits per heavy atom. The van der Waals surface area contributed by atoms with Gasteiger partial charge in [-0.1, -0.05) is 241 Å². The Balaban J connectivity index is 3.89. The molecule has 402 valence electrons. The van der Waals surface area contributed by atoms with Crippen molar-refractivity contribution in [2.24, 2.45) is 0 Å². The van der Waals surface area contributed by atoms with E-state index in [-0.39, 0.29) is 19.1 Å². The van der Waals surface area contributed by atoms with Gasteiger partial charge in [0.1, 0.15) is 13.2 Å². The van der Waals surface area contributed by atoms with E-state index in [0.29, 0.717) is 17.4 Å². The van der Waals surface area contributed by atoms with Gasteiger partial charge in [0.2, 0.25) is 5.91 Å². The van der Waals surface area contributed by atoms with Gasteiger partial charge >= 0.3 is 7.82 Å². The quantitative estimate of drug-likeness (QED) is 0.0243. The third kappa shape index (κ3) is 53.6. The van der Waals surface area contributed by atoms with Crippen molar-refractivity contribution in [2.45, 2.75) is 264 Å². The minimum atomic E-state index is -4.35. The molecule has 69 heavy (non-hydrogen) atoms. The molecule has 0 aliphatic carbocycles. The van der Waals surface area contributed by atoms with E-state index >= 15 is 0 Å². The molecule has 1 amide bonds. The summed E-state index contributed by atoms with van der Waals surface area (Å²) in [5, 5.41) is 13.8. The average Bonchev–Trinajstić information content (AvgIpc) is 3.31. The van der Waals surface area contributed by atoms with Crippen molar-refractivity contribution >= 4 is 13.7 Å². The molecule has 0 spiro atoms. The highest BCUT2D eigenvalue weighted by molar-refractivity contribution is 7.47. The SMILES string of the molecule is CC/C=C/CC/C=C/CC/C=C/C(O)C(COP(=O)(O)OCC[N+](C)(C)C)NC(=O)CCCCCCCCCCCCCCCCCCCCCCCC/C=C\C/C=C\C/C=C\CCCCCCC. The smallest absolute Gasteiger partial charge is 0.387 e. The fourth-order valence-corrected chi connectivity index (χ4v) is 8.88. The van der Waals surface area contributed by atoms with E-state index in [9.17, 15) is 19.4 Å². The highest BCUT2D eigenvalue weighted by Crippen LogP contribution is 2.43. The van der Waals surface area contributed by atoms with Crippen LogP contribution in [0.5, 0.6) is 0 Å². The third-order valence-electron chi connectivity index (χ3n) is 12.6. The molecule has 3 N–H and O–H groups in total. The van der Waals surface area contributed by atoms with E-state index in [1.165, 1.54) is 167 Å². The van der Waals surface area contributed by atoms with Crippen LogP contribution >= 0.6 is 7.82 Å². The zero-order valence-electron chi connectivity index (χ0n) is 45.8. The van der Waals surface area contributed by atoms with Crippen molar-refractivity contribution in [2.75, 3.05) is 40.9 Å². The molecule has 0 aromatic heterocycles. The van der Waals surface area contributed by atoms with Crippen LogP contribution in [0.1, 0.15) is 251 Å². The van der Waals surface area contributed by atoms with Gasteiger partial charge in [0.15, 0.2) is 0 Å². The number of rotatable bonds is 52. The van der Waals surface area contributed by atoms with Crippen molar-refractivity contribution in [3.8, 4) is 0 Å². The first-order valence-corrected chi connectivity index (χ1v) is 30.3. The molecule has 3 atom stereocenters. The summed E-state index contributed by atoms with van der Waals surface area (Å²) in [5.41, 5.74) is 0. The lowest BCUT2D eigenvalue weighted by atomic mass is 10.0. The Hall–Kier alpha value is -2.06. The minimum absolute atomic E-state index is 0.0522. The molecule has 0 aromatic carbocycles. The molecule has 0 bridgehead atoms. The number of quaternary nitrogens is 1. The van der Waals surface area contributed by atoms with Gasteiger partial charge in [-0.05, 0) is 77.0 Å². The summed E-state index contributed by atoms with van der Waals surface area (Å²) < 4.78 is 23.6. The van der Waals surface area contributed by atoms with Crippen LogP contribution in [0.25, 0.3) is 0 Å². The molecule has 0 aromatic rings. The predicted octanol–water partition coefficient (Wildman–Crippen LogP) is 17.5. The number of hydrogen-bond donors (Lipinski definition) is 3. The predicted molar refractivity (Wildman–Crippen MR) is 300 cm³/mol. The molecular formula is C60H112N2O6P+. The maximum atomic E-state index is 12.9. The van der Waals surface area contributed by atoms with E-state index in [1.54, 1.807) is 6.08 Å². The van der Waals surface area contributed by atoms with E-state index in [4.69, 9.17) is 9.05 Å². The van der Waals surface area contributed by atoms with Gasteiger partial charge in [0.05, 0.1) is 39.9 Å². The number of likely N-dealkylation sites (N-methyl/N-ethyl adjacent to an activating group) is 1. The number of aliphatic hydroxyl groups excluding tert-OH is 1. The monoisotopic (exact) mass is 988 g/mol. The number of unbranched alkanes of at least 4 members (excludes halogenated alkanes) is 29. The summed E-state index contributed by atoms with van der Waals surface area (Å²) in [4.78, 5) is 23.2. The first kappa shape index (κ1) is 66.9. The molecule has 0 saturated carbocycles. The van der Waals surface area contributed by atoms with E-state index in [0.717, 1.165) is 64.2 Å². The topological polar surface area (TPSA) is 105 Å². The third-order valence-corrected chi connectivity index (χ3v) is 13.6. The normalized spacial score (nSPS) is 14.5. The van der Waals surface area contributed by atoms with Crippen LogP contribution in [-0.2, 0) is 18.4 Å². The molecule has 0 saturated heterocycles. The van der Waals surface area contributed by atoms with Gasteiger partial charge in [-0.15, -0.1) is 0 Å². The highest BCUT2D eigenvalue weighted by atomic mass is 31.2. The molecule has 0 aliphatic rings. The maximum absolute atomic E-state index is 12.9. The van der Waals surface area contributed by atoms with Crippen LogP contribution in [0, 0.1) is 0 Å². The van der Waals surface area contributed by atoms with Gasteiger partial charge in [0, 0.05) is 6.42 Å². The van der Waals surface area contributed by atoms with Crippen LogP contribution in [0.3, 0.4) is 0 Å². The number of phosphoric ester groups is 1. The van der Waals surface area contributed by atoms with Crippen LogP contribution in [0.15, 0.2) is 72.9 Å². The second kappa shape index (κ2) is 50.9. The second-order valence-corrected chi connectivity index (χ2v) is 22.1. The van der Waals surface area contributed by atoms with Crippen LogP contribution < -0.4 is 5.32 Å². The van der Waals surface area contributed by atoms with Crippen molar-refractivity contribution in [3.05, 3.63) is 72.9 Å². The zero-order valence-corrected chi connectivity index (χ0v) is 46.7. The lowest BCUT2D eigenvalue weighted by molar-refractivity contribution is -0.870. The number of carbonyl (C=O) groups excluding carboxylic acids is 1. The lowest BCUT2D eigenvalue weighted by Crippen LogP contribution is -2.45. The molecule has 0 radical (unpaired) electrons. The van der Waals surface area contributed by atoms with E-state index < -0.39 is 20.0 Å². The van der Waals surface area contributed by atoms with Crippen LogP contribution in [0.2, 0.25) is 0 Å². The summed E-state index contributed by atoms with van der Waals surface area (Å²) in [6.07, 6.45) is 70.5. The molecule has 9 heteroatoms. The van der Waals surface area contributed by atoms with Gasteiger partial charge < -0.3 is 19.8 Å². The highest BCUT2D eigenvalue weighted by Gasteiger charge is 2.27. The molecule has 0 fully saturated rings. The number of hydrogen-bond acceptors (Lipinski definition) is 5. The number of nitrogens with one attached hydrogen (secondary N) is 1. The van der Waals surface area contributed by atoms with Crippen molar-refractivity contribution in [1.29, 1.82) is 0 Å². The molecule has 3 unspecified atom stereocenters. The van der Waals surface area contributed by atoms with E-state index in [1.807, 2.05) is 27.2 Å². The Bertz CT molecular complexity index is 1350. The number of aliphatic hydroxyl groups is 1. The Kier molecular flexibility index (Phi) is 49.3. The lowest BCUT2D eigenvalue weighted by Gasteiger charge is -2.25.